The molecule has 4 aromatic rings. The van der Waals surface area contributed by atoms with Gasteiger partial charge in [-0.15, -0.1) is 5.10 Å². The Morgan fingerprint density at radius 3 is 2.66 bits per heavy atom. The summed E-state index contributed by atoms with van der Waals surface area (Å²) in [4.78, 5) is 13.3. The van der Waals surface area contributed by atoms with Crippen LogP contribution in [0.15, 0.2) is 24.4 Å². The summed E-state index contributed by atoms with van der Waals surface area (Å²) in [5.74, 6) is 0.654. The third-order valence-electron chi connectivity index (χ3n) is 6.00. The van der Waals surface area contributed by atoms with Crippen LogP contribution in [0, 0.1) is 12.7 Å². The second-order valence-corrected chi connectivity index (χ2v) is 8.18. The van der Waals surface area contributed by atoms with E-state index in [2.05, 4.69) is 25.1 Å². The third kappa shape index (κ3) is 3.63. The molecule has 10 nitrogen and oxygen atoms in total. The van der Waals surface area contributed by atoms with Crippen LogP contribution < -0.4 is 10.6 Å². The van der Waals surface area contributed by atoms with E-state index in [9.17, 15) is 9.50 Å². The lowest BCUT2D eigenvalue weighted by molar-refractivity contribution is 0.199. The van der Waals surface area contributed by atoms with E-state index >= 15 is 0 Å². The van der Waals surface area contributed by atoms with Gasteiger partial charge in [-0.2, -0.15) is 14.6 Å². The molecule has 1 fully saturated rings. The maximum atomic E-state index is 14.4. The van der Waals surface area contributed by atoms with Gasteiger partial charge in [0.25, 0.3) is 0 Å². The zero-order chi connectivity index (χ0) is 22.4. The SMILES string of the molecule is Cc1nc2c3cnn(CCN4CCN(c5cc([C@H](C)O)ccc5F)CC4)c3nc(N)n2n1. The first kappa shape index (κ1) is 20.6. The molecule has 32 heavy (non-hydrogen) atoms. The maximum Gasteiger partial charge on any atom is 0.225 e. The summed E-state index contributed by atoms with van der Waals surface area (Å²) < 4.78 is 17.7. The quantitative estimate of drug-likeness (QED) is 0.480. The van der Waals surface area contributed by atoms with Crippen molar-refractivity contribution in [1.29, 1.82) is 0 Å². The third-order valence-corrected chi connectivity index (χ3v) is 6.00. The highest BCUT2D eigenvalue weighted by atomic mass is 19.1. The summed E-state index contributed by atoms with van der Waals surface area (Å²) in [6, 6.07) is 4.80. The fourth-order valence-electron chi connectivity index (χ4n) is 4.20. The van der Waals surface area contributed by atoms with E-state index < -0.39 is 6.10 Å². The molecule has 0 radical (unpaired) electrons. The minimum atomic E-state index is -0.620. The van der Waals surface area contributed by atoms with E-state index in [1.54, 1.807) is 25.3 Å². The molecule has 0 spiro atoms. The lowest BCUT2D eigenvalue weighted by atomic mass is 10.1. The second-order valence-electron chi connectivity index (χ2n) is 8.18. The predicted molar refractivity (Wildman–Crippen MR) is 119 cm³/mol. The number of rotatable bonds is 5. The first-order chi connectivity index (χ1) is 15.4. The van der Waals surface area contributed by atoms with Crippen molar-refractivity contribution < 1.29 is 9.50 Å². The van der Waals surface area contributed by atoms with Gasteiger partial charge in [-0.25, -0.2) is 14.1 Å². The molecule has 3 N–H and O–H groups in total. The Balaban J connectivity index is 1.26. The van der Waals surface area contributed by atoms with Crippen molar-refractivity contribution >= 4 is 28.3 Å². The lowest BCUT2D eigenvalue weighted by Gasteiger charge is -2.36. The van der Waals surface area contributed by atoms with E-state index in [1.165, 1.54) is 10.6 Å². The molecule has 3 aromatic heterocycles. The molecule has 1 saturated heterocycles. The molecule has 0 saturated carbocycles. The number of halogens is 1. The highest BCUT2D eigenvalue weighted by Gasteiger charge is 2.21. The van der Waals surface area contributed by atoms with Crippen LogP contribution in [0.4, 0.5) is 16.0 Å². The van der Waals surface area contributed by atoms with E-state index in [-0.39, 0.29) is 11.8 Å². The van der Waals surface area contributed by atoms with Crippen molar-refractivity contribution in [2.75, 3.05) is 43.4 Å². The number of nitrogens with zero attached hydrogens (tertiary/aromatic N) is 8. The van der Waals surface area contributed by atoms with Gasteiger partial charge in [-0.1, -0.05) is 6.07 Å². The predicted octanol–water partition coefficient (Wildman–Crippen LogP) is 1.38. The number of hydrogen-bond donors (Lipinski definition) is 2. The smallest absolute Gasteiger partial charge is 0.225 e. The van der Waals surface area contributed by atoms with Gasteiger partial charge in [0.2, 0.25) is 5.95 Å². The average Bonchev–Trinajstić information content (AvgIpc) is 3.36. The fourth-order valence-corrected chi connectivity index (χ4v) is 4.20. The van der Waals surface area contributed by atoms with Gasteiger partial charge in [0.15, 0.2) is 11.3 Å². The Kier molecular flexibility index (Phi) is 5.14. The Labute approximate surface area is 184 Å². The topological polar surface area (TPSA) is 114 Å². The van der Waals surface area contributed by atoms with E-state index in [0.29, 0.717) is 42.4 Å². The Bertz CT molecular complexity index is 1270. The summed E-state index contributed by atoms with van der Waals surface area (Å²) in [5.41, 5.74) is 8.68. The largest absolute Gasteiger partial charge is 0.389 e. The highest BCUT2D eigenvalue weighted by molar-refractivity contribution is 5.89. The number of aliphatic hydroxyl groups is 1. The summed E-state index contributed by atoms with van der Waals surface area (Å²) >= 11 is 0. The number of anilines is 2. The molecule has 1 aliphatic heterocycles. The molecule has 0 unspecified atom stereocenters. The minimum absolute atomic E-state index is 0.260. The molecule has 11 heteroatoms. The normalized spacial score (nSPS) is 16.3. The van der Waals surface area contributed by atoms with Crippen LogP contribution >= 0.6 is 0 Å². The van der Waals surface area contributed by atoms with Gasteiger partial charge < -0.3 is 15.7 Å². The van der Waals surface area contributed by atoms with Gasteiger partial charge in [0.05, 0.1) is 29.9 Å². The van der Waals surface area contributed by atoms with Crippen LogP contribution in [-0.2, 0) is 6.54 Å². The number of aryl methyl sites for hydroxylation is 1. The highest BCUT2D eigenvalue weighted by Crippen LogP contribution is 2.25. The van der Waals surface area contributed by atoms with E-state index in [4.69, 9.17) is 5.73 Å². The monoisotopic (exact) mass is 439 g/mol. The molecule has 0 aliphatic carbocycles. The van der Waals surface area contributed by atoms with E-state index in [0.717, 1.165) is 30.6 Å². The van der Waals surface area contributed by atoms with Gasteiger partial charge in [-0.05, 0) is 31.5 Å². The molecular formula is C21H26FN9O. The van der Waals surface area contributed by atoms with Crippen LogP contribution in [0.1, 0.15) is 24.4 Å². The van der Waals surface area contributed by atoms with Crippen molar-refractivity contribution in [3.8, 4) is 0 Å². The zero-order valence-electron chi connectivity index (χ0n) is 18.1. The Hall–Kier alpha value is -3.31. The molecule has 5 rings (SSSR count). The Morgan fingerprint density at radius 2 is 1.91 bits per heavy atom. The summed E-state index contributed by atoms with van der Waals surface area (Å²) in [6.07, 6.45) is 1.13. The number of benzene rings is 1. The van der Waals surface area contributed by atoms with Gasteiger partial charge in [0, 0.05) is 32.7 Å². The number of aliphatic hydroxyl groups excluding tert-OH is 1. The minimum Gasteiger partial charge on any atom is -0.389 e. The summed E-state index contributed by atoms with van der Waals surface area (Å²) in [7, 11) is 0. The molecule has 0 bridgehead atoms. The number of nitrogen functional groups attached to an aromatic ring is 1. The van der Waals surface area contributed by atoms with Gasteiger partial charge in [-0.3, -0.25) is 4.90 Å². The molecule has 0 amide bonds. The van der Waals surface area contributed by atoms with Crippen LogP contribution in [0.3, 0.4) is 0 Å². The first-order valence-electron chi connectivity index (χ1n) is 10.7. The number of aromatic nitrogens is 6. The summed E-state index contributed by atoms with van der Waals surface area (Å²) in [6.45, 7) is 7.99. The van der Waals surface area contributed by atoms with Crippen molar-refractivity contribution in [2.24, 2.45) is 0 Å². The van der Waals surface area contributed by atoms with Gasteiger partial charge in [0.1, 0.15) is 11.6 Å². The van der Waals surface area contributed by atoms with Crippen molar-refractivity contribution in [3.63, 3.8) is 0 Å². The molecule has 1 aliphatic rings. The van der Waals surface area contributed by atoms with Crippen molar-refractivity contribution in [1.82, 2.24) is 34.3 Å². The van der Waals surface area contributed by atoms with Gasteiger partial charge >= 0.3 is 0 Å². The molecule has 4 heterocycles. The molecule has 1 aromatic carbocycles. The Morgan fingerprint density at radius 1 is 1.12 bits per heavy atom. The fraction of sp³-hybridized carbons (Fsp3) is 0.429. The molecular weight excluding hydrogens is 413 g/mol. The van der Waals surface area contributed by atoms with Crippen LogP contribution in [0.5, 0.6) is 0 Å². The second kappa shape index (κ2) is 7.99. The van der Waals surface area contributed by atoms with Crippen LogP contribution in [-0.4, -0.2) is 72.1 Å². The number of hydrogen-bond acceptors (Lipinski definition) is 8. The van der Waals surface area contributed by atoms with E-state index in [1.807, 2.05) is 16.5 Å². The number of nitrogens with two attached hydrogens (primary N) is 1. The van der Waals surface area contributed by atoms with Crippen molar-refractivity contribution in [2.45, 2.75) is 26.5 Å². The average molecular weight is 439 g/mol. The zero-order valence-corrected chi connectivity index (χ0v) is 18.1. The standard InChI is InChI=1S/C21H26FN9O/c1-13(32)15-3-4-17(22)18(11-15)29-8-5-28(6-9-29)7-10-30-19-16(12-24-30)20-25-14(2)27-31(20)21(23)26-19/h3-4,11-13,32H,5-10H2,1-2H3,(H2,23,26)/t13-/m0/s1. The summed E-state index contributed by atoms with van der Waals surface area (Å²) in [5, 5.41) is 19.4. The number of fused-ring (bicyclic) bond motifs is 3. The van der Waals surface area contributed by atoms with Crippen LogP contribution in [0.2, 0.25) is 0 Å². The van der Waals surface area contributed by atoms with Crippen molar-refractivity contribution in [3.05, 3.63) is 41.6 Å². The molecule has 1 atom stereocenters. The maximum absolute atomic E-state index is 14.4. The molecule has 168 valence electrons. The lowest BCUT2D eigenvalue weighted by Crippen LogP contribution is -2.47. The number of piperazine rings is 1. The van der Waals surface area contributed by atoms with Crippen LogP contribution in [0.25, 0.3) is 16.7 Å². The first-order valence-corrected chi connectivity index (χ1v) is 10.7.